The molecule has 1 aliphatic heterocycles. The van der Waals surface area contributed by atoms with Gasteiger partial charge in [0.15, 0.2) is 0 Å². The van der Waals surface area contributed by atoms with Crippen molar-refractivity contribution in [3.8, 4) is 0 Å². The maximum absolute atomic E-state index is 12.5. The Morgan fingerprint density at radius 1 is 1.30 bits per heavy atom. The van der Waals surface area contributed by atoms with Gasteiger partial charge in [0.05, 0.1) is 9.82 Å². The van der Waals surface area contributed by atoms with E-state index in [0.29, 0.717) is 17.9 Å². The SMILES string of the molecule is Cc1nn(CC(=O)Nc2ccc(S(=O)(=O)N=C3CCCN3C)cc2)c(C)c1[N+](=O)[O-]. The fraction of sp³-hybridized carbons (Fsp3) is 0.389. The first-order chi connectivity index (χ1) is 14.1. The number of rotatable bonds is 6. The number of carbonyl (C=O) groups excluding carboxylic acids is 1. The third kappa shape index (κ3) is 4.48. The van der Waals surface area contributed by atoms with Crippen molar-refractivity contribution in [3.05, 3.63) is 45.8 Å². The number of likely N-dealkylation sites (tertiary alicyclic amines) is 1. The molecule has 30 heavy (non-hydrogen) atoms. The van der Waals surface area contributed by atoms with Crippen molar-refractivity contribution in [1.29, 1.82) is 0 Å². The van der Waals surface area contributed by atoms with Crippen molar-refractivity contribution in [2.24, 2.45) is 4.40 Å². The van der Waals surface area contributed by atoms with E-state index in [4.69, 9.17) is 0 Å². The third-order valence-electron chi connectivity index (χ3n) is 4.82. The largest absolute Gasteiger partial charge is 0.362 e. The van der Waals surface area contributed by atoms with Crippen LogP contribution in [0.4, 0.5) is 11.4 Å². The van der Waals surface area contributed by atoms with E-state index in [9.17, 15) is 23.3 Å². The van der Waals surface area contributed by atoms with Crippen molar-refractivity contribution in [2.45, 2.75) is 38.1 Å². The van der Waals surface area contributed by atoms with Gasteiger partial charge in [0.2, 0.25) is 5.91 Å². The molecule has 2 aromatic rings. The molecule has 1 saturated heterocycles. The highest BCUT2D eigenvalue weighted by Crippen LogP contribution is 2.22. The molecule has 1 aliphatic rings. The molecule has 1 fully saturated rings. The standard InChI is InChI=1S/C18H22N6O5S/c1-12-18(24(26)27)13(2)23(20-12)11-17(25)19-14-6-8-15(9-7-14)30(28,29)21-16-5-4-10-22(16)3/h6-9H,4-5,10-11H2,1-3H3,(H,19,25). The van der Waals surface area contributed by atoms with E-state index < -0.39 is 20.9 Å². The third-order valence-corrected chi connectivity index (χ3v) is 6.13. The Morgan fingerprint density at radius 2 is 1.97 bits per heavy atom. The Bertz CT molecular complexity index is 1120. The average molecular weight is 434 g/mol. The molecule has 12 heteroatoms. The Balaban J connectivity index is 1.69. The first-order valence-electron chi connectivity index (χ1n) is 9.22. The summed E-state index contributed by atoms with van der Waals surface area (Å²) in [6.07, 6.45) is 1.49. The smallest absolute Gasteiger partial charge is 0.312 e. The Labute approximate surface area is 173 Å². The Kier molecular flexibility index (Phi) is 5.87. The van der Waals surface area contributed by atoms with Crippen LogP contribution < -0.4 is 5.32 Å². The van der Waals surface area contributed by atoms with Crippen LogP contribution in [0, 0.1) is 24.0 Å². The molecule has 0 aliphatic carbocycles. The lowest BCUT2D eigenvalue weighted by Crippen LogP contribution is -2.21. The van der Waals surface area contributed by atoms with E-state index in [0.717, 1.165) is 13.0 Å². The fourth-order valence-electron chi connectivity index (χ4n) is 3.25. The number of nitrogens with one attached hydrogen (secondary N) is 1. The fourth-order valence-corrected chi connectivity index (χ4v) is 4.35. The second-order valence-corrected chi connectivity index (χ2v) is 8.62. The molecule has 1 N–H and O–H groups in total. The van der Waals surface area contributed by atoms with E-state index in [1.165, 1.54) is 42.8 Å². The highest BCUT2D eigenvalue weighted by atomic mass is 32.2. The number of anilines is 1. The van der Waals surface area contributed by atoms with Crippen LogP contribution in [0.15, 0.2) is 33.6 Å². The predicted molar refractivity (Wildman–Crippen MR) is 110 cm³/mol. The van der Waals surface area contributed by atoms with Crippen molar-refractivity contribution < 1.29 is 18.1 Å². The van der Waals surface area contributed by atoms with E-state index >= 15 is 0 Å². The number of amides is 1. The number of nitro groups is 1. The van der Waals surface area contributed by atoms with Crippen LogP contribution >= 0.6 is 0 Å². The second-order valence-electron chi connectivity index (χ2n) is 7.01. The van der Waals surface area contributed by atoms with E-state index in [1.807, 2.05) is 4.90 Å². The lowest BCUT2D eigenvalue weighted by molar-refractivity contribution is -0.386. The molecule has 3 rings (SSSR count). The highest BCUT2D eigenvalue weighted by molar-refractivity contribution is 7.90. The number of hydrogen-bond acceptors (Lipinski definition) is 6. The molecule has 1 aromatic carbocycles. The molecule has 2 heterocycles. The Hall–Kier alpha value is -3.28. The van der Waals surface area contributed by atoms with Gasteiger partial charge in [-0.1, -0.05) is 0 Å². The van der Waals surface area contributed by atoms with Gasteiger partial charge in [0.25, 0.3) is 10.0 Å². The van der Waals surface area contributed by atoms with Gasteiger partial charge in [-0.15, -0.1) is 4.40 Å². The number of hydrogen-bond donors (Lipinski definition) is 1. The number of carbonyl (C=O) groups is 1. The number of nitrogens with zero attached hydrogens (tertiary/aromatic N) is 5. The summed E-state index contributed by atoms with van der Waals surface area (Å²) < 4.78 is 30.1. The van der Waals surface area contributed by atoms with E-state index in [1.54, 1.807) is 7.05 Å². The molecule has 0 spiro atoms. The van der Waals surface area contributed by atoms with Crippen LogP contribution in [0.2, 0.25) is 0 Å². The number of aryl methyl sites for hydroxylation is 1. The Morgan fingerprint density at radius 3 is 2.50 bits per heavy atom. The van der Waals surface area contributed by atoms with Crippen LogP contribution in [0.25, 0.3) is 0 Å². The number of amidine groups is 1. The van der Waals surface area contributed by atoms with Gasteiger partial charge in [-0.3, -0.25) is 19.6 Å². The molecule has 0 atom stereocenters. The lowest BCUT2D eigenvalue weighted by Gasteiger charge is -2.11. The van der Waals surface area contributed by atoms with Crippen LogP contribution in [0.3, 0.4) is 0 Å². The van der Waals surface area contributed by atoms with Crippen LogP contribution in [0.5, 0.6) is 0 Å². The number of sulfonamides is 1. The molecule has 1 aromatic heterocycles. The second kappa shape index (κ2) is 8.22. The zero-order valence-corrected chi connectivity index (χ0v) is 17.6. The zero-order valence-electron chi connectivity index (χ0n) is 16.8. The summed E-state index contributed by atoms with van der Waals surface area (Å²) in [6.45, 7) is 3.60. The molecular weight excluding hydrogens is 412 g/mol. The summed E-state index contributed by atoms with van der Waals surface area (Å²) in [7, 11) is -2.03. The first-order valence-corrected chi connectivity index (χ1v) is 10.7. The van der Waals surface area contributed by atoms with Gasteiger partial charge in [0.1, 0.15) is 23.8 Å². The molecule has 0 saturated carbocycles. The lowest BCUT2D eigenvalue weighted by atomic mass is 10.3. The summed E-state index contributed by atoms with van der Waals surface area (Å²) in [5.41, 5.74) is 0.784. The monoisotopic (exact) mass is 434 g/mol. The maximum atomic E-state index is 12.5. The van der Waals surface area contributed by atoms with E-state index in [2.05, 4.69) is 14.8 Å². The van der Waals surface area contributed by atoms with Gasteiger partial charge in [-0.05, 0) is 44.5 Å². The van der Waals surface area contributed by atoms with E-state index in [-0.39, 0.29) is 28.5 Å². The van der Waals surface area contributed by atoms with Crippen molar-refractivity contribution >= 4 is 33.1 Å². The summed E-state index contributed by atoms with van der Waals surface area (Å²) in [4.78, 5) is 24.7. The number of aromatic nitrogens is 2. The molecule has 11 nitrogen and oxygen atoms in total. The normalized spacial score (nSPS) is 15.6. The summed E-state index contributed by atoms with van der Waals surface area (Å²) in [5, 5.41) is 17.7. The van der Waals surface area contributed by atoms with Gasteiger partial charge in [-0.25, -0.2) is 0 Å². The molecule has 1 amide bonds. The van der Waals surface area contributed by atoms with Crippen molar-refractivity contribution in [2.75, 3.05) is 18.9 Å². The quantitative estimate of drug-likeness (QED) is 0.540. The minimum Gasteiger partial charge on any atom is -0.362 e. The van der Waals surface area contributed by atoms with Crippen LogP contribution in [-0.4, -0.2) is 53.4 Å². The predicted octanol–water partition coefficient (Wildman–Crippen LogP) is 1.86. The summed E-state index contributed by atoms with van der Waals surface area (Å²) in [6, 6.07) is 5.68. The molecule has 0 bridgehead atoms. The summed E-state index contributed by atoms with van der Waals surface area (Å²) in [5.74, 6) is 0.0882. The molecular formula is C18H22N6O5S. The summed E-state index contributed by atoms with van der Waals surface area (Å²) >= 11 is 0. The van der Waals surface area contributed by atoms with Crippen LogP contribution in [0.1, 0.15) is 24.2 Å². The molecule has 0 unspecified atom stereocenters. The number of benzene rings is 1. The van der Waals surface area contributed by atoms with Gasteiger partial charge in [-0.2, -0.15) is 13.5 Å². The van der Waals surface area contributed by atoms with Crippen molar-refractivity contribution in [3.63, 3.8) is 0 Å². The van der Waals surface area contributed by atoms with Crippen LogP contribution in [-0.2, 0) is 21.4 Å². The maximum Gasteiger partial charge on any atom is 0.312 e. The zero-order chi connectivity index (χ0) is 22.1. The first kappa shape index (κ1) is 21.4. The van der Waals surface area contributed by atoms with Gasteiger partial charge >= 0.3 is 5.69 Å². The minimum atomic E-state index is -3.83. The van der Waals surface area contributed by atoms with Gasteiger partial charge in [0, 0.05) is 25.7 Å². The molecule has 160 valence electrons. The van der Waals surface area contributed by atoms with Crippen molar-refractivity contribution in [1.82, 2.24) is 14.7 Å². The van der Waals surface area contributed by atoms with Gasteiger partial charge < -0.3 is 10.2 Å². The average Bonchev–Trinajstić information content (AvgIpc) is 3.17. The minimum absolute atomic E-state index is 0.0301. The highest BCUT2D eigenvalue weighted by Gasteiger charge is 2.23. The topological polar surface area (TPSA) is 140 Å². The molecule has 0 radical (unpaired) electrons.